The zero-order valence-electron chi connectivity index (χ0n) is 16.7. The molecule has 156 valence electrons. The summed E-state index contributed by atoms with van der Waals surface area (Å²) in [6.07, 6.45) is 4.65. The van der Waals surface area contributed by atoms with Crippen LogP contribution in [-0.2, 0) is 6.54 Å². The first-order chi connectivity index (χ1) is 13.2. The van der Waals surface area contributed by atoms with Crippen LogP contribution in [0, 0.1) is 0 Å². The molecule has 2 amide bonds. The molecule has 3 rings (SSSR count). The summed E-state index contributed by atoms with van der Waals surface area (Å²) in [6.45, 7) is 7.48. The number of likely N-dealkylation sites (N-methyl/N-ethyl adjacent to an activating group) is 1. The first-order valence-electron chi connectivity index (χ1n) is 10.1. The van der Waals surface area contributed by atoms with Gasteiger partial charge in [-0.3, -0.25) is 4.90 Å². The highest BCUT2D eigenvalue weighted by Crippen LogP contribution is 2.16. The van der Waals surface area contributed by atoms with Crippen molar-refractivity contribution in [2.24, 2.45) is 10.7 Å². The number of benzene rings is 1. The Hall–Kier alpha value is -1.55. The van der Waals surface area contributed by atoms with Crippen LogP contribution in [0.2, 0.25) is 0 Å². The van der Waals surface area contributed by atoms with Crippen LogP contribution in [0.3, 0.4) is 0 Å². The Balaban J connectivity index is 0.00000280. The number of carbonyl (C=O) groups excluding carboxylic acids is 1. The number of likely N-dealkylation sites (tertiary alicyclic amines) is 2. The molecular formula is C20H33IN6O. The van der Waals surface area contributed by atoms with Crippen LogP contribution < -0.4 is 16.4 Å². The second-order valence-corrected chi connectivity index (χ2v) is 7.33. The average Bonchev–Trinajstić information content (AvgIpc) is 3.36. The molecule has 7 nitrogen and oxygen atoms in total. The molecule has 8 heteroatoms. The Morgan fingerprint density at radius 1 is 1.25 bits per heavy atom. The number of nitrogens with zero attached hydrogens (tertiary/aromatic N) is 3. The molecule has 1 aromatic carbocycles. The van der Waals surface area contributed by atoms with Gasteiger partial charge in [-0.2, -0.15) is 0 Å². The molecule has 0 saturated carbocycles. The Morgan fingerprint density at radius 3 is 2.79 bits per heavy atom. The first-order valence-corrected chi connectivity index (χ1v) is 10.1. The van der Waals surface area contributed by atoms with Crippen molar-refractivity contribution < 1.29 is 4.79 Å². The summed E-state index contributed by atoms with van der Waals surface area (Å²) >= 11 is 0. The molecule has 0 spiro atoms. The summed E-state index contributed by atoms with van der Waals surface area (Å²) < 4.78 is 0. The van der Waals surface area contributed by atoms with Gasteiger partial charge in [0, 0.05) is 31.4 Å². The zero-order chi connectivity index (χ0) is 19.1. The standard InChI is InChI=1S/C20H32N6O.HI/c1-2-25-12-6-9-18(25)15-23-19(21)22-14-16-7-5-8-17(13-16)24-20(27)26-10-3-4-11-26;/h5,7-8,13,18H,2-4,6,9-12,14-15H2,1H3,(H,24,27)(H3,21,22,23);1H. The third-order valence-electron chi connectivity index (χ3n) is 5.43. The van der Waals surface area contributed by atoms with Gasteiger partial charge in [0.2, 0.25) is 0 Å². The fourth-order valence-electron chi connectivity index (χ4n) is 3.87. The molecule has 2 fully saturated rings. The van der Waals surface area contributed by atoms with Gasteiger partial charge in [0.1, 0.15) is 0 Å². The quantitative estimate of drug-likeness (QED) is 0.319. The molecule has 0 radical (unpaired) electrons. The number of urea groups is 1. The number of rotatable bonds is 6. The fraction of sp³-hybridized carbons (Fsp3) is 0.600. The number of nitrogens with two attached hydrogens (primary N) is 1. The molecule has 0 aromatic heterocycles. The molecular weight excluding hydrogens is 467 g/mol. The second-order valence-electron chi connectivity index (χ2n) is 7.33. The summed E-state index contributed by atoms with van der Waals surface area (Å²) in [4.78, 5) is 21.0. The Morgan fingerprint density at radius 2 is 2.04 bits per heavy atom. The lowest BCUT2D eigenvalue weighted by Crippen LogP contribution is -2.42. The lowest BCUT2D eigenvalue weighted by atomic mass is 10.2. The lowest BCUT2D eigenvalue weighted by molar-refractivity contribution is 0.222. The van der Waals surface area contributed by atoms with Gasteiger partial charge in [0.15, 0.2) is 5.96 Å². The van der Waals surface area contributed by atoms with Crippen molar-refractivity contribution in [2.75, 3.05) is 38.0 Å². The topological polar surface area (TPSA) is 86.0 Å². The normalized spacial score (nSPS) is 20.1. The van der Waals surface area contributed by atoms with E-state index in [-0.39, 0.29) is 30.0 Å². The minimum absolute atomic E-state index is 0. The summed E-state index contributed by atoms with van der Waals surface area (Å²) in [7, 11) is 0. The van der Waals surface area contributed by atoms with Crippen molar-refractivity contribution in [1.29, 1.82) is 0 Å². The van der Waals surface area contributed by atoms with E-state index >= 15 is 0 Å². The Labute approximate surface area is 185 Å². The van der Waals surface area contributed by atoms with Crippen LogP contribution in [0.4, 0.5) is 10.5 Å². The maximum Gasteiger partial charge on any atom is 0.321 e. The molecule has 1 unspecified atom stereocenters. The van der Waals surface area contributed by atoms with Gasteiger partial charge in [-0.05, 0) is 56.5 Å². The van der Waals surface area contributed by atoms with Gasteiger partial charge in [-0.1, -0.05) is 19.1 Å². The number of nitrogens with one attached hydrogen (secondary N) is 2. The third kappa shape index (κ3) is 6.51. The third-order valence-corrected chi connectivity index (χ3v) is 5.43. The number of hydrogen-bond donors (Lipinski definition) is 3. The monoisotopic (exact) mass is 500 g/mol. The van der Waals surface area contributed by atoms with E-state index in [9.17, 15) is 4.79 Å². The Bertz CT molecular complexity index is 662. The zero-order valence-corrected chi connectivity index (χ0v) is 19.0. The van der Waals surface area contributed by atoms with Gasteiger partial charge in [-0.25, -0.2) is 9.79 Å². The van der Waals surface area contributed by atoms with Gasteiger partial charge in [-0.15, -0.1) is 24.0 Å². The maximum absolute atomic E-state index is 12.2. The molecule has 2 aliphatic rings. The molecule has 28 heavy (non-hydrogen) atoms. The van der Waals surface area contributed by atoms with Crippen molar-refractivity contribution in [2.45, 2.75) is 45.2 Å². The minimum atomic E-state index is -0.0219. The van der Waals surface area contributed by atoms with Crippen LogP contribution >= 0.6 is 24.0 Å². The van der Waals surface area contributed by atoms with E-state index in [1.807, 2.05) is 29.2 Å². The predicted octanol–water partition coefficient (Wildman–Crippen LogP) is 2.82. The van der Waals surface area contributed by atoms with Crippen LogP contribution in [0.5, 0.6) is 0 Å². The van der Waals surface area contributed by atoms with E-state index in [2.05, 4.69) is 27.4 Å². The van der Waals surface area contributed by atoms with Crippen LogP contribution in [0.15, 0.2) is 29.3 Å². The van der Waals surface area contributed by atoms with E-state index in [0.29, 0.717) is 18.5 Å². The number of amides is 2. The van der Waals surface area contributed by atoms with E-state index in [4.69, 9.17) is 5.73 Å². The molecule has 1 aromatic rings. The highest BCUT2D eigenvalue weighted by molar-refractivity contribution is 14.0. The van der Waals surface area contributed by atoms with Crippen molar-refractivity contribution >= 4 is 41.7 Å². The molecule has 4 N–H and O–H groups in total. The number of halogens is 1. The van der Waals surface area contributed by atoms with Gasteiger partial charge >= 0.3 is 6.03 Å². The van der Waals surface area contributed by atoms with Gasteiger partial charge in [0.05, 0.1) is 6.54 Å². The average molecular weight is 500 g/mol. The van der Waals surface area contributed by atoms with Crippen molar-refractivity contribution in [1.82, 2.24) is 15.1 Å². The summed E-state index contributed by atoms with van der Waals surface area (Å²) in [5.41, 5.74) is 7.86. The number of anilines is 1. The minimum Gasteiger partial charge on any atom is -0.370 e. The highest BCUT2D eigenvalue weighted by atomic mass is 127. The molecule has 2 aliphatic heterocycles. The number of hydrogen-bond acceptors (Lipinski definition) is 3. The SMILES string of the molecule is CCN1CCCC1CNC(N)=NCc1cccc(NC(=O)N2CCCC2)c1.I. The largest absolute Gasteiger partial charge is 0.370 e. The molecule has 2 heterocycles. The number of aliphatic imine (C=N–C) groups is 1. The molecule has 0 aliphatic carbocycles. The maximum atomic E-state index is 12.2. The fourth-order valence-corrected chi connectivity index (χ4v) is 3.87. The van der Waals surface area contributed by atoms with Gasteiger partial charge < -0.3 is 21.3 Å². The van der Waals surface area contributed by atoms with E-state index in [1.54, 1.807) is 0 Å². The van der Waals surface area contributed by atoms with Crippen molar-refractivity contribution in [3.8, 4) is 0 Å². The smallest absolute Gasteiger partial charge is 0.321 e. The number of carbonyl (C=O) groups is 1. The molecule has 2 saturated heterocycles. The van der Waals surface area contributed by atoms with E-state index < -0.39 is 0 Å². The van der Waals surface area contributed by atoms with Crippen molar-refractivity contribution in [3.63, 3.8) is 0 Å². The van der Waals surface area contributed by atoms with Gasteiger partial charge in [0.25, 0.3) is 0 Å². The lowest BCUT2D eigenvalue weighted by Gasteiger charge is -2.23. The Kier molecular flexibility index (Phi) is 9.30. The number of guanidine groups is 1. The van der Waals surface area contributed by atoms with Crippen molar-refractivity contribution in [3.05, 3.63) is 29.8 Å². The predicted molar refractivity (Wildman–Crippen MR) is 125 cm³/mol. The van der Waals surface area contributed by atoms with Crippen LogP contribution in [-0.4, -0.2) is 60.6 Å². The molecule has 1 atom stereocenters. The van der Waals surface area contributed by atoms with Crippen LogP contribution in [0.1, 0.15) is 38.2 Å². The first kappa shape index (κ1) is 22.7. The van der Waals surface area contributed by atoms with Crippen LogP contribution in [0.25, 0.3) is 0 Å². The summed E-state index contributed by atoms with van der Waals surface area (Å²) in [5.74, 6) is 0.476. The van der Waals surface area contributed by atoms with E-state index in [1.165, 1.54) is 19.4 Å². The highest BCUT2D eigenvalue weighted by Gasteiger charge is 2.22. The second kappa shape index (κ2) is 11.5. The summed E-state index contributed by atoms with van der Waals surface area (Å²) in [5, 5.41) is 6.22. The van der Waals surface area contributed by atoms with E-state index in [0.717, 1.165) is 50.3 Å². The molecule has 0 bridgehead atoms. The summed E-state index contributed by atoms with van der Waals surface area (Å²) in [6, 6.07) is 8.33.